The maximum atomic E-state index is 12.6. The lowest BCUT2D eigenvalue weighted by atomic mass is 10.0. The van der Waals surface area contributed by atoms with Crippen LogP contribution in [0, 0.1) is 0 Å². The van der Waals surface area contributed by atoms with Crippen molar-refractivity contribution in [1.29, 1.82) is 0 Å². The van der Waals surface area contributed by atoms with E-state index >= 15 is 0 Å². The highest BCUT2D eigenvalue weighted by Crippen LogP contribution is 2.43. The number of phosphoric acid groups is 1. The van der Waals surface area contributed by atoms with Crippen LogP contribution in [0.25, 0.3) is 0 Å². The quantitative estimate of drug-likeness (QED) is 0.0235. The zero-order valence-corrected chi connectivity index (χ0v) is 37.4. The third kappa shape index (κ3) is 41.8. The fourth-order valence-corrected chi connectivity index (χ4v) is 6.71. The molecule has 0 saturated carbocycles. The molecule has 0 bridgehead atoms. The Morgan fingerprint density at radius 2 is 0.948 bits per heavy atom. The van der Waals surface area contributed by atoms with Gasteiger partial charge in [0, 0.05) is 12.8 Å². The lowest BCUT2D eigenvalue weighted by Gasteiger charge is -2.20. The first-order chi connectivity index (χ1) is 28.2. The summed E-state index contributed by atoms with van der Waals surface area (Å²) in [5, 5.41) is 18.3. The first-order valence-electron chi connectivity index (χ1n) is 22.7. The molecular weight excluding hydrogens is 755 g/mol. The summed E-state index contributed by atoms with van der Waals surface area (Å²) in [6.07, 6.45) is 47.6. The van der Waals surface area contributed by atoms with Crippen LogP contribution in [0.15, 0.2) is 60.8 Å². The number of rotatable bonds is 42. The molecule has 3 unspecified atom stereocenters. The molecule has 0 rings (SSSR count). The Balaban J connectivity index is 4.22. The molecule has 336 valence electrons. The van der Waals surface area contributed by atoms with Gasteiger partial charge < -0.3 is 24.6 Å². The van der Waals surface area contributed by atoms with Gasteiger partial charge in [-0.15, -0.1) is 0 Å². The number of carbonyl (C=O) groups is 2. The summed E-state index contributed by atoms with van der Waals surface area (Å²) in [5.41, 5.74) is 0. The molecule has 0 amide bonds. The number of aliphatic hydroxyl groups is 2. The van der Waals surface area contributed by atoms with Gasteiger partial charge in [0.05, 0.1) is 19.8 Å². The fourth-order valence-electron chi connectivity index (χ4n) is 5.92. The molecule has 3 N–H and O–H groups in total. The van der Waals surface area contributed by atoms with E-state index in [0.29, 0.717) is 12.8 Å². The van der Waals surface area contributed by atoms with Crippen LogP contribution in [0.2, 0.25) is 0 Å². The van der Waals surface area contributed by atoms with Gasteiger partial charge in [-0.2, -0.15) is 0 Å². The van der Waals surface area contributed by atoms with Crippen LogP contribution < -0.4 is 0 Å². The van der Waals surface area contributed by atoms with Crippen LogP contribution in [0.3, 0.4) is 0 Å². The van der Waals surface area contributed by atoms with Crippen molar-refractivity contribution in [3.05, 3.63) is 60.8 Å². The molecule has 58 heavy (non-hydrogen) atoms. The van der Waals surface area contributed by atoms with E-state index < -0.39 is 51.8 Å². The Bertz CT molecular complexity index is 1150. The number of ether oxygens (including phenoxy) is 2. The largest absolute Gasteiger partial charge is 0.472 e. The topological polar surface area (TPSA) is 149 Å². The van der Waals surface area contributed by atoms with E-state index in [-0.39, 0.29) is 19.4 Å². The molecule has 0 radical (unpaired) electrons. The predicted octanol–water partition coefficient (Wildman–Crippen LogP) is 12.3. The molecule has 0 spiro atoms. The average Bonchev–Trinajstić information content (AvgIpc) is 3.21. The minimum Gasteiger partial charge on any atom is -0.462 e. The highest BCUT2D eigenvalue weighted by Gasteiger charge is 2.27. The number of phosphoric ester groups is 1. The second kappa shape index (κ2) is 42.8. The van der Waals surface area contributed by atoms with Crippen molar-refractivity contribution in [3.8, 4) is 0 Å². The monoisotopic (exact) mass is 839 g/mol. The minimum atomic E-state index is -4.62. The summed E-state index contributed by atoms with van der Waals surface area (Å²) >= 11 is 0. The molecule has 3 atom stereocenters. The van der Waals surface area contributed by atoms with Gasteiger partial charge >= 0.3 is 19.8 Å². The van der Waals surface area contributed by atoms with E-state index in [1.807, 2.05) is 0 Å². The molecule has 0 aromatic rings. The minimum absolute atomic E-state index is 0.175. The smallest absolute Gasteiger partial charge is 0.462 e. The average molecular weight is 839 g/mol. The first-order valence-corrected chi connectivity index (χ1v) is 24.2. The molecule has 0 aromatic carbocycles. The summed E-state index contributed by atoms with van der Waals surface area (Å²) in [4.78, 5) is 35.0. The summed E-state index contributed by atoms with van der Waals surface area (Å²) < 4.78 is 32.7. The Morgan fingerprint density at radius 3 is 1.45 bits per heavy atom. The van der Waals surface area contributed by atoms with E-state index in [2.05, 4.69) is 74.6 Å². The van der Waals surface area contributed by atoms with Crippen molar-refractivity contribution < 1.29 is 47.8 Å². The zero-order valence-electron chi connectivity index (χ0n) is 36.5. The zero-order chi connectivity index (χ0) is 42.6. The maximum absolute atomic E-state index is 12.6. The van der Waals surface area contributed by atoms with Gasteiger partial charge in [-0.05, 0) is 77.0 Å². The van der Waals surface area contributed by atoms with Crippen molar-refractivity contribution in [2.45, 2.75) is 199 Å². The van der Waals surface area contributed by atoms with Crippen molar-refractivity contribution in [1.82, 2.24) is 0 Å². The second-order valence-corrected chi connectivity index (χ2v) is 16.5. The van der Waals surface area contributed by atoms with Crippen LogP contribution in [-0.4, -0.2) is 65.7 Å². The Labute approximate surface area is 353 Å². The maximum Gasteiger partial charge on any atom is 0.472 e. The fraction of sp³-hybridized carbons (Fsp3) is 0.745. The summed E-state index contributed by atoms with van der Waals surface area (Å²) in [6, 6.07) is 0. The van der Waals surface area contributed by atoms with Gasteiger partial charge in [-0.1, -0.05) is 158 Å². The van der Waals surface area contributed by atoms with Crippen molar-refractivity contribution >= 4 is 19.8 Å². The lowest BCUT2D eigenvalue weighted by molar-refractivity contribution is -0.161. The normalized spacial score (nSPS) is 14.4. The van der Waals surface area contributed by atoms with Gasteiger partial charge in [0.1, 0.15) is 12.7 Å². The predicted molar refractivity (Wildman–Crippen MR) is 237 cm³/mol. The van der Waals surface area contributed by atoms with Gasteiger partial charge in [-0.25, -0.2) is 4.57 Å². The summed E-state index contributed by atoms with van der Waals surface area (Å²) in [6.45, 7) is 2.23. The molecule has 0 aromatic heterocycles. The molecule has 0 saturated heterocycles. The number of carbonyl (C=O) groups excluding carboxylic acids is 2. The van der Waals surface area contributed by atoms with Crippen LogP contribution in [0.4, 0.5) is 0 Å². The lowest BCUT2D eigenvalue weighted by Crippen LogP contribution is -2.29. The standard InChI is InChI=1S/C47H83O10P/c1-3-5-7-9-11-13-15-17-18-19-20-21-22-23-24-25-26-27-29-31-33-35-37-39-47(51)57-45(43-56-58(52,53)55-41-44(49)40-48)42-54-46(50)38-36-34-32-30-28-16-14-12-10-8-6-4-2/h5,7,11-14,17-18,20-21,44-45,48-49H,3-4,6,8-10,15-16,19,22-43H2,1-2H3,(H,52,53)/b7-5-,13-11-,14-12-,18-17-,21-20-. The number of unbranched alkanes of at least 4 members (excludes halogenated alkanes) is 18. The Hall–Kier alpha value is -2.33. The Kier molecular flexibility index (Phi) is 41.1. The second-order valence-electron chi connectivity index (χ2n) is 15.0. The van der Waals surface area contributed by atoms with E-state index in [1.165, 1.54) is 57.8 Å². The first kappa shape index (κ1) is 55.7. The van der Waals surface area contributed by atoms with E-state index in [4.69, 9.17) is 23.6 Å². The van der Waals surface area contributed by atoms with Crippen molar-refractivity contribution in [2.75, 3.05) is 26.4 Å². The van der Waals surface area contributed by atoms with Gasteiger partial charge in [0.25, 0.3) is 0 Å². The summed E-state index contributed by atoms with van der Waals surface area (Å²) in [7, 11) is -4.62. The van der Waals surface area contributed by atoms with E-state index in [1.54, 1.807) is 0 Å². The highest BCUT2D eigenvalue weighted by atomic mass is 31.2. The van der Waals surface area contributed by atoms with Gasteiger partial charge in [0.15, 0.2) is 6.10 Å². The van der Waals surface area contributed by atoms with Gasteiger partial charge in [0.2, 0.25) is 0 Å². The number of hydrogen-bond acceptors (Lipinski definition) is 9. The molecule has 0 heterocycles. The van der Waals surface area contributed by atoms with Crippen LogP contribution in [-0.2, 0) is 32.7 Å². The Morgan fingerprint density at radius 1 is 0.534 bits per heavy atom. The SMILES string of the molecule is CC/C=C\C/C=C\C/C=C\C/C=C\CCCCCCCCCCCCC(=O)OC(COC(=O)CCCCCCC/C=C\CCCCC)COP(=O)(O)OCC(O)CO. The molecule has 0 aliphatic heterocycles. The third-order valence-electron chi connectivity index (χ3n) is 9.41. The van der Waals surface area contributed by atoms with E-state index in [0.717, 1.165) is 89.9 Å². The number of esters is 2. The molecular formula is C47H83O10P. The van der Waals surface area contributed by atoms with Crippen LogP contribution >= 0.6 is 7.82 Å². The van der Waals surface area contributed by atoms with Crippen molar-refractivity contribution in [3.63, 3.8) is 0 Å². The number of aliphatic hydroxyl groups excluding tert-OH is 2. The molecule has 0 aliphatic carbocycles. The van der Waals surface area contributed by atoms with Crippen molar-refractivity contribution in [2.24, 2.45) is 0 Å². The van der Waals surface area contributed by atoms with Crippen LogP contribution in [0.1, 0.15) is 187 Å². The third-order valence-corrected chi connectivity index (χ3v) is 10.4. The number of hydrogen-bond donors (Lipinski definition) is 3. The van der Waals surface area contributed by atoms with Gasteiger partial charge in [-0.3, -0.25) is 18.6 Å². The van der Waals surface area contributed by atoms with E-state index in [9.17, 15) is 24.2 Å². The molecule has 0 fully saturated rings. The molecule has 11 heteroatoms. The highest BCUT2D eigenvalue weighted by molar-refractivity contribution is 7.47. The van der Waals surface area contributed by atoms with Crippen LogP contribution in [0.5, 0.6) is 0 Å². The summed E-state index contributed by atoms with van der Waals surface area (Å²) in [5.74, 6) is -0.942. The number of allylic oxidation sites excluding steroid dienone is 10. The molecule has 0 aliphatic rings. The molecule has 10 nitrogen and oxygen atoms in total.